The average Bonchev–Trinajstić information content (AvgIpc) is 2.66. The SMILES string of the molecule is CCOC(=O)C(Nc1cc(Br)ccc1-c1ncnc(C(Cl)(Cl)Cl)n1)C(=O)OCC. The van der Waals surface area contributed by atoms with E-state index in [1.165, 1.54) is 6.33 Å². The first-order valence-electron chi connectivity index (χ1n) is 8.33. The van der Waals surface area contributed by atoms with Gasteiger partial charge in [-0.2, -0.15) is 0 Å². The number of carbonyl (C=O) groups is 2. The highest BCUT2D eigenvalue weighted by molar-refractivity contribution is 9.10. The summed E-state index contributed by atoms with van der Waals surface area (Å²) in [6, 6.07) is 3.64. The highest BCUT2D eigenvalue weighted by Gasteiger charge is 2.31. The number of hydrogen-bond acceptors (Lipinski definition) is 8. The van der Waals surface area contributed by atoms with Crippen LogP contribution in [0, 0.1) is 0 Å². The first-order valence-corrected chi connectivity index (χ1v) is 10.3. The molecule has 1 N–H and O–H groups in total. The van der Waals surface area contributed by atoms with Crippen molar-refractivity contribution < 1.29 is 19.1 Å². The zero-order chi connectivity index (χ0) is 21.6. The predicted molar refractivity (Wildman–Crippen MR) is 113 cm³/mol. The lowest BCUT2D eigenvalue weighted by molar-refractivity contribution is -0.155. The van der Waals surface area contributed by atoms with Gasteiger partial charge in [0.2, 0.25) is 9.83 Å². The van der Waals surface area contributed by atoms with E-state index in [1.54, 1.807) is 32.0 Å². The van der Waals surface area contributed by atoms with Gasteiger partial charge in [-0.05, 0) is 32.0 Å². The van der Waals surface area contributed by atoms with Gasteiger partial charge >= 0.3 is 11.9 Å². The predicted octanol–water partition coefficient (Wildman–Crippen LogP) is 4.03. The first-order chi connectivity index (χ1) is 13.7. The summed E-state index contributed by atoms with van der Waals surface area (Å²) in [5, 5.41) is 2.84. The molecule has 12 heteroatoms. The molecule has 0 fully saturated rings. The fraction of sp³-hybridized carbons (Fsp3) is 0.353. The Morgan fingerprint density at radius 1 is 1.14 bits per heavy atom. The molecule has 0 bridgehead atoms. The molecule has 1 aromatic heterocycles. The van der Waals surface area contributed by atoms with Crippen molar-refractivity contribution in [3.05, 3.63) is 34.8 Å². The lowest BCUT2D eigenvalue weighted by atomic mass is 10.1. The number of nitrogens with zero attached hydrogens (tertiary/aromatic N) is 3. The third kappa shape index (κ3) is 6.40. The third-order valence-electron chi connectivity index (χ3n) is 3.39. The number of anilines is 1. The Labute approximate surface area is 190 Å². The fourth-order valence-electron chi connectivity index (χ4n) is 2.21. The maximum atomic E-state index is 12.3. The topological polar surface area (TPSA) is 103 Å². The third-order valence-corrected chi connectivity index (χ3v) is 4.39. The molecular weight excluding hydrogens is 510 g/mol. The Kier molecular flexibility index (Phi) is 8.45. The number of nitrogens with one attached hydrogen (secondary N) is 1. The van der Waals surface area contributed by atoms with Crippen LogP contribution in [0.4, 0.5) is 5.69 Å². The molecule has 2 rings (SSSR count). The molecule has 0 spiro atoms. The number of ether oxygens (including phenoxy) is 2. The Morgan fingerprint density at radius 3 is 2.31 bits per heavy atom. The number of esters is 2. The number of hydrogen-bond donors (Lipinski definition) is 1. The maximum Gasteiger partial charge on any atom is 0.340 e. The van der Waals surface area contributed by atoms with Crippen LogP contribution in [0.1, 0.15) is 19.7 Å². The second-order valence-corrected chi connectivity index (χ2v) is 8.60. The van der Waals surface area contributed by atoms with Gasteiger partial charge in [-0.15, -0.1) is 0 Å². The Hall–Kier alpha value is -1.68. The van der Waals surface area contributed by atoms with Crippen LogP contribution in [0.2, 0.25) is 0 Å². The van der Waals surface area contributed by atoms with E-state index in [1.807, 2.05) is 0 Å². The summed E-state index contributed by atoms with van der Waals surface area (Å²) in [4.78, 5) is 36.7. The minimum Gasteiger partial charge on any atom is -0.464 e. The Balaban J connectivity index is 2.49. The van der Waals surface area contributed by atoms with Crippen LogP contribution in [0.3, 0.4) is 0 Å². The second-order valence-electron chi connectivity index (χ2n) is 5.40. The second kappa shape index (κ2) is 10.4. The van der Waals surface area contributed by atoms with Gasteiger partial charge in [0.25, 0.3) is 0 Å². The molecule has 8 nitrogen and oxygen atoms in total. The fourth-order valence-corrected chi connectivity index (χ4v) is 2.85. The molecule has 0 aliphatic heterocycles. The highest BCUT2D eigenvalue weighted by atomic mass is 79.9. The van der Waals surface area contributed by atoms with Gasteiger partial charge in [-0.3, -0.25) is 0 Å². The summed E-state index contributed by atoms with van der Waals surface area (Å²) in [7, 11) is 0. The first kappa shape index (κ1) is 23.6. The van der Waals surface area contributed by atoms with Gasteiger partial charge in [0, 0.05) is 15.7 Å². The smallest absolute Gasteiger partial charge is 0.340 e. The van der Waals surface area contributed by atoms with Gasteiger partial charge in [0.15, 0.2) is 11.6 Å². The number of alkyl halides is 3. The molecule has 0 unspecified atom stereocenters. The van der Waals surface area contributed by atoms with Crippen molar-refractivity contribution in [3.63, 3.8) is 0 Å². The molecule has 0 radical (unpaired) electrons. The van der Waals surface area contributed by atoms with Crippen LogP contribution in [-0.4, -0.2) is 46.1 Å². The number of carbonyl (C=O) groups excluding carboxylic acids is 2. The average molecular weight is 527 g/mol. The molecule has 0 amide bonds. The van der Waals surface area contributed by atoms with Gasteiger partial charge in [0.1, 0.15) is 6.33 Å². The van der Waals surface area contributed by atoms with E-state index >= 15 is 0 Å². The van der Waals surface area contributed by atoms with Gasteiger partial charge in [-0.25, -0.2) is 24.5 Å². The standard InChI is InChI=1S/C17H16BrCl3N4O4/c1-3-28-14(26)12(15(27)29-4-2)24-11-7-9(18)5-6-10(11)13-22-8-23-16(25-13)17(19,20)21/h5-8,12,24H,3-4H2,1-2H3. The van der Waals surface area contributed by atoms with Crippen LogP contribution in [0.25, 0.3) is 11.4 Å². The van der Waals surface area contributed by atoms with E-state index < -0.39 is 21.8 Å². The van der Waals surface area contributed by atoms with Crippen LogP contribution in [0.5, 0.6) is 0 Å². The van der Waals surface area contributed by atoms with Crippen LogP contribution in [0.15, 0.2) is 29.0 Å². The van der Waals surface area contributed by atoms with E-state index in [0.717, 1.165) is 0 Å². The molecule has 0 saturated heterocycles. The molecule has 1 heterocycles. The highest BCUT2D eigenvalue weighted by Crippen LogP contribution is 2.37. The molecule has 1 aromatic carbocycles. The molecule has 0 aliphatic rings. The Bertz CT molecular complexity index is 877. The molecule has 0 atom stereocenters. The lowest BCUT2D eigenvalue weighted by Crippen LogP contribution is -2.40. The van der Waals surface area contributed by atoms with Crippen molar-refractivity contribution in [2.24, 2.45) is 0 Å². The number of halogens is 4. The van der Waals surface area contributed by atoms with Crippen LogP contribution in [-0.2, 0) is 22.9 Å². The van der Waals surface area contributed by atoms with Crippen molar-refractivity contribution >= 4 is 68.4 Å². The molecule has 156 valence electrons. The van der Waals surface area contributed by atoms with E-state index in [9.17, 15) is 9.59 Å². The lowest BCUT2D eigenvalue weighted by Gasteiger charge is -2.19. The quantitative estimate of drug-likeness (QED) is 0.328. The molecular formula is C17H16BrCl3N4O4. The molecule has 2 aromatic rings. The minimum atomic E-state index is -1.85. The number of rotatable bonds is 7. The van der Waals surface area contributed by atoms with Crippen molar-refractivity contribution in [2.75, 3.05) is 18.5 Å². The zero-order valence-corrected chi connectivity index (χ0v) is 19.1. The summed E-state index contributed by atoms with van der Waals surface area (Å²) in [6.07, 6.45) is 1.19. The van der Waals surface area contributed by atoms with E-state index in [-0.39, 0.29) is 24.9 Å². The summed E-state index contributed by atoms with van der Waals surface area (Å²) in [5.74, 6) is -1.47. The summed E-state index contributed by atoms with van der Waals surface area (Å²) >= 11 is 20.9. The van der Waals surface area contributed by atoms with Crippen molar-refractivity contribution in [3.8, 4) is 11.4 Å². The van der Waals surface area contributed by atoms with E-state index in [4.69, 9.17) is 44.3 Å². The number of benzene rings is 1. The molecule has 29 heavy (non-hydrogen) atoms. The van der Waals surface area contributed by atoms with Crippen molar-refractivity contribution in [1.82, 2.24) is 15.0 Å². The summed E-state index contributed by atoms with van der Waals surface area (Å²) in [6.45, 7) is 3.46. The summed E-state index contributed by atoms with van der Waals surface area (Å²) in [5.41, 5.74) is 0.789. The van der Waals surface area contributed by atoms with E-state index in [2.05, 4.69) is 36.2 Å². The number of aromatic nitrogens is 3. The van der Waals surface area contributed by atoms with Crippen molar-refractivity contribution in [2.45, 2.75) is 23.7 Å². The maximum absolute atomic E-state index is 12.3. The van der Waals surface area contributed by atoms with E-state index in [0.29, 0.717) is 15.7 Å². The van der Waals surface area contributed by atoms with Gasteiger partial charge in [-0.1, -0.05) is 50.7 Å². The zero-order valence-electron chi connectivity index (χ0n) is 15.3. The largest absolute Gasteiger partial charge is 0.464 e. The Morgan fingerprint density at radius 2 is 1.76 bits per heavy atom. The van der Waals surface area contributed by atoms with Crippen LogP contribution >= 0.6 is 50.7 Å². The van der Waals surface area contributed by atoms with Gasteiger partial charge in [0.05, 0.1) is 13.2 Å². The molecule has 0 saturated carbocycles. The minimum absolute atomic E-state index is 0.0753. The van der Waals surface area contributed by atoms with Crippen LogP contribution < -0.4 is 5.32 Å². The van der Waals surface area contributed by atoms with Crippen molar-refractivity contribution in [1.29, 1.82) is 0 Å². The molecule has 0 aliphatic carbocycles. The summed E-state index contributed by atoms with van der Waals surface area (Å²) < 4.78 is 8.78. The van der Waals surface area contributed by atoms with Gasteiger partial charge < -0.3 is 14.8 Å². The normalized spacial score (nSPS) is 11.3. The monoisotopic (exact) mass is 524 g/mol.